The number of aromatic hydroxyl groups is 3. The maximum absolute atomic E-state index is 9.17. The second-order valence-corrected chi connectivity index (χ2v) is 2.24. The van der Waals surface area contributed by atoms with E-state index in [0.29, 0.717) is 6.61 Å². The number of phenolic OH excluding ortho intramolecular Hbond substituents is 3. The molecule has 0 radical (unpaired) electrons. The van der Waals surface area contributed by atoms with Crippen molar-refractivity contribution in [3.8, 4) is 23.0 Å². The van der Waals surface area contributed by atoms with E-state index in [1.54, 1.807) is 6.92 Å². The van der Waals surface area contributed by atoms with Gasteiger partial charge in [-0.2, -0.15) is 0 Å². The van der Waals surface area contributed by atoms with Crippen molar-refractivity contribution in [2.75, 3.05) is 6.61 Å². The van der Waals surface area contributed by atoms with Crippen molar-refractivity contribution in [3.05, 3.63) is 12.1 Å². The topological polar surface area (TPSA) is 69.9 Å². The summed E-state index contributed by atoms with van der Waals surface area (Å²) >= 11 is 0. The first-order chi connectivity index (χ1) is 5.65. The molecule has 0 aliphatic rings. The highest BCUT2D eigenvalue weighted by Gasteiger charge is 2.08. The predicted molar refractivity (Wildman–Crippen MR) is 42.6 cm³/mol. The van der Waals surface area contributed by atoms with E-state index in [9.17, 15) is 0 Å². The van der Waals surface area contributed by atoms with Gasteiger partial charge in [0, 0.05) is 12.1 Å². The first-order valence-corrected chi connectivity index (χ1v) is 3.53. The molecule has 0 aliphatic heterocycles. The van der Waals surface area contributed by atoms with Crippen LogP contribution < -0.4 is 4.74 Å². The largest absolute Gasteiger partial charge is 0.508 e. The number of hydrogen-bond acceptors (Lipinski definition) is 4. The lowest BCUT2D eigenvalue weighted by Gasteiger charge is -2.06. The van der Waals surface area contributed by atoms with Crippen LogP contribution in [-0.2, 0) is 0 Å². The Labute approximate surface area is 69.7 Å². The van der Waals surface area contributed by atoms with Gasteiger partial charge < -0.3 is 20.1 Å². The average molecular weight is 170 g/mol. The van der Waals surface area contributed by atoms with Crippen molar-refractivity contribution in [2.45, 2.75) is 6.92 Å². The van der Waals surface area contributed by atoms with Crippen LogP contribution in [0.3, 0.4) is 0 Å². The molecule has 0 amide bonds. The van der Waals surface area contributed by atoms with Gasteiger partial charge in [-0.05, 0) is 6.92 Å². The van der Waals surface area contributed by atoms with Crippen molar-refractivity contribution in [3.63, 3.8) is 0 Å². The van der Waals surface area contributed by atoms with Crippen LogP contribution in [0.5, 0.6) is 23.0 Å². The summed E-state index contributed by atoms with van der Waals surface area (Å²) in [6.07, 6.45) is 0. The van der Waals surface area contributed by atoms with Gasteiger partial charge in [0.25, 0.3) is 0 Å². The third-order valence-electron chi connectivity index (χ3n) is 1.34. The molecule has 0 unspecified atom stereocenters. The molecule has 3 N–H and O–H groups in total. The van der Waals surface area contributed by atoms with E-state index in [4.69, 9.17) is 20.1 Å². The standard InChI is InChI=1S/C8H10O4/c1-2-12-7-4-5(9)3-6(10)8(7)11/h3-4,9-11H,2H2,1H3. The molecule has 4 heteroatoms. The van der Waals surface area contributed by atoms with Crippen LogP contribution in [-0.4, -0.2) is 21.9 Å². The summed E-state index contributed by atoms with van der Waals surface area (Å²) in [5.74, 6) is -0.808. The van der Waals surface area contributed by atoms with Gasteiger partial charge >= 0.3 is 0 Å². The monoisotopic (exact) mass is 170 g/mol. The van der Waals surface area contributed by atoms with Gasteiger partial charge in [-0.1, -0.05) is 0 Å². The SMILES string of the molecule is CCOc1cc(O)cc(O)c1O. The van der Waals surface area contributed by atoms with Crippen LogP contribution in [0.2, 0.25) is 0 Å². The predicted octanol–water partition coefficient (Wildman–Crippen LogP) is 1.20. The third-order valence-corrected chi connectivity index (χ3v) is 1.34. The summed E-state index contributed by atoms with van der Waals surface area (Å²) in [6.45, 7) is 2.09. The Bertz CT molecular complexity index is 283. The minimum absolute atomic E-state index is 0.0787. The zero-order chi connectivity index (χ0) is 9.14. The Morgan fingerprint density at radius 3 is 2.50 bits per heavy atom. The molecule has 0 saturated heterocycles. The Kier molecular flexibility index (Phi) is 2.28. The van der Waals surface area contributed by atoms with Crippen LogP contribution in [0.15, 0.2) is 12.1 Å². The van der Waals surface area contributed by atoms with Gasteiger partial charge in [0.15, 0.2) is 11.5 Å². The van der Waals surface area contributed by atoms with Crippen molar-refractivity contribution in [1.82, 2.24) is 0 Å². The van der Waals surface area contributed by atoms with Gasteiger partial charge in [0.05, 0.1) is 6.61 Å². The molecule has 12 heavy (non-hydrogen) atoms. The molecule has 0 spiro atoms. The Balaban J connectivity index is 3.09. The minimum atomic E-state index is -0.390. The summed E-state index contributed by atoms with van der Waals surface area (Å²) in [7, 11) is 0. The molecule has 0 aromatic heterocycles. The van der Waals surface area contributed by atoms with E-state index in [0.717, 1.165) is 6.07 Å². The number of hydrogen-bond donors (Lipinski definition) is 3. The number of rotatable bonds is 2. The highest BCUT2D eigenvalue weighted by atomic mass is 16.5. The Morgan fingerprint density at radius 2 is 1.92 bits per heavy atom. The van der Waals surface area contributed by atoms with Crippen LogP contribution >= 0.6 is 0 Å². The fraction of sp³-hybridized carbons (Fsp3) is 0.250. The van der Waals surface area contributed by atoms with Crippen molar-refractivity contribution in [1.29, 1.82) is 0 Å². The lowest BCUT2D eigenvalue weighted by Crippen LogP contribution is -1.91. The highest BCUT2D eigenvalue weighted by Crippen LogP contribution is 2.38. The number of phenols is 3. The molecule has 0 heterocycles. The molecule has 0 fully saturated rings. The summed E-state index contributed by atoms with van der Waals surface area (Å²) in [5, 5.41) is 27.2. The first kappa shape index (κ1) is 8.52. The second-order valence-electron chi connectivity index (χ2n) is 2.24. The minimum Gasteiger partial charge on any atom is -0.508 e. The summed E-state index contributed by atoms with van der Waals surface area (Å²) in [5.41, 5.74) is 0. The van der Waals surface area contributed by atoms with E-state index < -0.39 is 5.75 Å². The molecule has 0 bridgehead atoms. The van der Waals surface area contributed by atoms with Crippen LogP contribution in [0.4, 0.5) is 0 Å². The van der Waals surface area contributed by atoms with Gasteiger partial charge in [0.1, 0.15) is 5.75 Å². The van der Waals surface area contributed by atoms with E-state index in [1.165, 1.54) is 6.07 Å². The molecule has 1 aromatic carbocycles. The quantitative estimate of drug-likeness (QED) is 0.460. The van der Waals surface area contributed by atoms with E-state index in [1.807, 2.05) is 0 Å². The lowest BCUT2D eigenvalue weighted by atomic mass is 10.3. The molecular formula is C8H10O4. The smallest absolute Gasteiger partial charge is 0.200 e. The van der Waals surface area contributed by atoms with Crippen molar-refractivity contribution < 1.29 is 20.1 Å². The van der Waals surface area contributed by atoms with Crippen molar-refractivity contribution in [2.24, 2.45) is 0 Å². The summed E-state index contributed by atoms with van der Waals surface area (Å²) in [4.78, 5) is 0. The van der Waals surface area contributed by atoms with Crippen LogP contribution in [0.25, 0.3) is 0 Å². The zero-order valence-electron chi connectivity index (χ0n) is 6.61. The molecule has 0 atom stereocenters. The van der Waals surface area contributed by atoms with Crippen LogP contribution in [0, 0.1) is 0 Å². The Morgan fingerprint density at radius 1 is 1.25 bits per heavy atom. The zero-order valence-corrected chi connectivity index (χ0v) is 6.61. The van der Waals surface area contributed by atoms with Gasteiger partial charge in [-0.15, -0.1) is 0 Å². The highest BCUT2D eigenvalue weighted by molar-refractivity contribution is 5.53. The average Bonchev–Trinajstić information content (AvgIpc) is 2.00. The molecular weight excluding hydrogens is 160 g/mol. The molecule has 66 valence electrons. The second kappa shape index (κ2) is 3.21. The molecule has 0 saturated carbocycles. The molecule has 1 aromatic rings. The van der Waals surface area contributed by atoms with Gasteiger partial charge in [0.2, 0.25) is 5.75 Å². The van der Waals surface area contributed by atoms with Gasteiger partial charge in [-0.3, -0.25) is 0 Å². The molecule has 1 rings (SSSR count). The molecule has 4 nitrogen and oxygen atoms in total. The Hall–Kier alpha value is -1.58. The first-order valence-electron chi connectivity index (χ1n) is 3.53. The van der Waals surface area contributed by atoms with Gasteiger partial charge in [-0.25, -0.2) is 0 Å². The maximum atomic E-state index is 9.17. The summed E-state index contributed by atoms with van der Waals surface area (Å²) < 4.78 is 4.93. The van der Waals surface area contributed by atoms with E-state index in [2.05, 4.69) is 0 Å². The normalized spacial score (nSPS) is 9.75. The number of benzene rings is 1. The van der Waals surface area contributed by atoms with Crippen LogP contribution in [0.1, 0.15) is 6.92 Å². The lowest BCUT2D eigenvalue weighted by molar-refractivity contribution is 0.305. The third kappa shape index (κ3) is 1.53. The fourth-order valence-corrected chi connectivity index (χ4v) is 0.845. The molecule has 0 aliphatic carbocycles. The van der Waals surface area contributed by atoms with E-state index >= 15 is 0 Å². The van der Waals surface area contributed by atoms with E-state index in [-0.39, 0.29) is 17.2 Å². The maximum Gasteiger partial charge on any atom is 0.200 e. The summed E-state index contributed by atoms with van der Waals surface area (Å²) in [6, 6.07) is 2.27. The number of ether oxygens (including phenoxy) is 1. The van der Waals surface area contributed by atoms with Crippen molar-refractivity contribution >= 4 is 0 Å². The fourth-order valence-electron chi connectivity index (χ4n) is 0.845.